The van der Waals surface area contributed by atoms with Gasteiger partial charge in [0.05, 0.1) is 0 Å². The van der Waals surface area contributed by atoms with Crippen molar-refractivity contribution in [1.82, 2.24) is 0 Å². The lowest BCUT2D eigenvalue weighted by molar-refractivity contribution is -0.132. The molecule has 0 aromatic rings. The van der Waals surface area contributed by atoms with Gasteiger partial charge < -0.3 is 0 Å². The van der Waals surface area contributed by atoms with Gasteiger partial charge in [-0.15, -0.1) is 0 Å². The van der Waals surface area contributed by atoms with Crippen LogP contribution in [0.3, 0.4) is 0 Å². The highest BCUT2D eigenvalue weighted by atomic mass is 19.1. The minimum Gasteiger partial charge on any atom is -0.299 e. The van der Waals surface area contributed by atoms with Crippen molar-refractivity contribution >= 4 is 5.78 Å². The molecule has 0 heterocycles. The number of carbonyl (C=O) groups is 1. The van der Waals surface area contributed by atoms with Gasteiger partial charge in [-0.2, -0.15) is 0 Å². The van der Waals surface area contributed by atoms with Crippen LogP contribution >= 0.6 is 0 Å². The molecule has 64 valence electrons. The Bertz CT molecular complexity index is 174. The lowest BCUT2D eigenvalue weighted by Crippen LogP contribution is -2.43. The molecule has 1 nitrogen and oxygen atoms in total. The standard InChI is InChI=1S/C9H15FO/c1-6(11)9(2,3)7-4-5-8(7)10/h7-8H,4-5H2,1-3H3. The first-order valence-corrected chi connectivity index (χ1v) is 4.11. The summed E-state index contributed by atoms with van der Waals surface area (Å²) in [7, 11) is 0. The molecule has 0 amide bonds. The summed E-state index contributed by atoms with van der Waals surface area (Å²) >= 11 is 0. The van der Waals surface area contributed by atoms with Crippen LogP contribution in [0.15, 0.2) is 0 Å². The summed E-state index contributed by atoms with van der Waals surface area (Å²) in [5.41, 5.74) is -0.447. The third-order valence-corrected chi connectivity index (χ3v) is 3.02. The largest absolute Gasteiger partial charge is 0.299 e. The lowest BCUT2D eigenvalue weighted by Gasteiger charge is -2.41. The van der Waals surface area contributed by atoms with Crippen LogP contribution in [0.4, 0.5) is 4.39 Å². The van der Waals surface area contributed by atoms with E-state index in [2.05, 4.69) is 0 Å². The Labute approximate surface area is 67.0 Å². The molecule has 11 heavy (non-hydrogen) atoms. The number of Topliss-reactive ketones (excluding diaryl/α,β-unsaturated/α-hetero) is 1. The molecular formula is C9H15FO. The number of alkyl halides is 1. The molecule has 1 fully saturated rings. The van der Waals surface area contributed by atoms with E-state index < -0.39 is 11.6 Å². The maximum absolute atomic E-state index is 12.9. The second kappa shape index (κ2) is 2.58. The van der Waals surface area contributed by atoms with E-state index >= 15 is 0 Å². The highest BCUT2D eigenvalue weighted by Crippen LogP contribution is 2.44. The van der Waals surface area contributed by atoms with Crippen molar-refractivity contribution < 1.29 is 9.18 Å². The van der Waals surface area contributed by atoms with E-state index in [1.165, 1.54) is 0 Å². The molecule has 0 saturated heterocycles. The number of ketones is 1. The molecule has 1 rings (SSSR count). The predicted octanol–water partition coefficient (Wildman–Crippen LogP) is 2.35. The van der Waals surface area contributed by atoms with E-state index in [0.29, 0.717) is 6.42 Å². The summed E-state index contributed by atoms with van der Waals surface area (Å²) in [6.45, 7) is 5.22. The van der Waals surface area contributed by atoms with Crippen LogP contribution in [0.2, 0.25) is 0 Å². The van der Waals surface area contributed by atoms with Crippen molar-refractivity contribution in [2.45, 2.75) is 39.8 Å². The van der Waals surface area contributed by atoms with Crippen molar-refractivity contribution in [2.24, 2.45) is 11.3 Å². The van der Waals surface area contributed by atoms with Crippen molar-refractivity contribution in [3.8, 4) is 0 Å². The zero-order valence-corrected chi connectivity index (χ0v) is 7.36. The van der Waals surface area contributed by atoms with Crippen LogP contribution < -0.4 is 0 Å². The molecule has 0 bridgehead atoms. The van der Waals surface area contributed by atoms with Crippen LogP contribution in [-0.4, -0.2) is 12.0 Å². The molecule has 0 spiro atoms. The molecule has 1 saturated carbocycles. The van der Waals surface area contributed by atoms with Crippen molar-refractivity contribution in [3.63, 3.8) is 0 Å². The number of hydrogen-bond acceptors (Lipinski definition) is 1. The smallest absolute Gasteiger partial charge is 0.135 e. The summed E-state index contributed by atoms with van der Waals surface area (Å²) in [5, 5.41) is 0. The Morgan fingerprint density at radius 1 is 1.45 bits per heavy atom. The first-order chi connectivity index (χ1) is 4.96. The molecule has 0 aromatic carbocycles. The Morgan fingerprint density at radius 2 is 2.00 bits per heavy atom. The molecule has 0 N–H and O–H groups in total. The highest BCUT2D eigenvalue weighted by Gasteiger charge is 2.44. The van der Waals surface area contributed by atoms with Gasteiger partial charge >= 0.3 is 0 Å². The summed E-state index contributed by atoms with van der Waals surface area (Å²) in [6, 6.07) is 0. The lowest BCUT2D eigenvalue weighted by atomic mass is 9.64. The van der Waals surface area contributed by atoms with Gasteiger partial charge in [-0.25, -0.2) is 4.39 Å². The normalized spacial score (nSPS) is 31.3. The van der Waals surface area contributed by atoms with Gasteiger partial charge in [0.15, 0.2) is 0 Å². The fourth-order valence-corrected chi connectivity index (χ4v) is 1.53. The van der Waals surface area contributed by atoms with Crippen molar-refractivity contribution in [1.29, 1.82) is 0 Å². The summed E-state index contributed by atoms with van der Waals surface area (Å²) < 4.78 is 12.9. The third-order valence-electron chi connectivity index (χ3n) is 3.02. The van der Waals surface area contributed by atoms with Gasteiger partial charge in [0.1, 0.15) is 12.0 Å². The summed E-state index contributed by atoms with van der Waals surface area (Å²) in [6.07, 6.45) is 0.767. The molecule has 2 unspecified atom stereocenters. The summed E-state index contributed by atoms with van der Waals surface area (Å²) in [5.74, 6) is 0.0739. The molecule has 0 radical (unpaired) electrons. The molecule has 2 atom stereocenters. The zero-order valence-electron chi connectivity index (χ0n) is 7.36. The Morgan fingerprint density at radius 3 is 2.09 bits per heavy atom. The van der Waals surface area contributed by atoms with E-state index in [1.807, 2.05) is 13.8 Å². The molecule has 0 aromatic heterocycles. The van der Waals surface area contributed by atoms with Gasteiger partial charge in [-0.3, -0.25) is 4.79 Å². The van der Waals surface area contributed by atoms with Crippen LogP contribution in [-0.2, 0) is 4.79 Å². The minimum atomic E-state index is -0.742. The van der Waals surface area contributed by atoms with E-state index in [-0.39, 0.29) is 11.7 Å². The first kappa shape index (κ1) is 8.69. The van der Waals surface area contributed by atoms with Crippen LogP contribution in [0.1, 0.15) is 33.6 Å². The first-order valence-electron chi connectivity index (χ1n) is 4.11. The molecule has 1 aliphatic rings. The van der Waals surface area contributed by atoms with Gasteiger partial charge in [-0.05, 0) is 19.8 Å². The maximum atomic E-state index is 12.9. The van der Waals surface area contributed by atoms with Crippen LogP contribution in [0.25, 0.3) is 0 Å². The maximum Gasteiger partial charge on any atom is 0.135 e. The van der Waals surface area contributed by atoms with Gasteiger partial charge in [-0.1, -0.05) is 13.8 Å². The molecule has 1 aliphatic carbocycles. The molecular weight excluding hydrogens is 143 g/mol. The van der Waals surface area contributed by atoms with Crippen molar-refractivity contribution in [2.75, 3.05) is 0 Å². The Hall–Kier alpha value is -0.400. The van der Waals surface area contributed by atoms with E-state index in [1.54, 1.807) is 6.92 Å². The number of carbonyl (C=O) groups excluding carboxylic acids is 1. The van der Waals surface area contributed by atoms with E-state index in [4.69, 9.17) is 0 Å². The highest BCUT2D eigenvalue weighted by molar-refractivity contribution is 5.82. The zero-order chi connectivity index (χ0) is 8.65. The fraction of sp³-hybridized carbons (Fsp3) is 0.889. The van der Waals surface area contributed by atoms with E-state index in [0.717, 1.165) is 6.42 Å². The second-order valence-electron chi connectivity index (χ2n) is 3.98. The topological polar surface area (TPSA) is 17.1 Å². The molecule has 2 heteroatoms. The monoisotopic (exact) mass is 158 g/mol. The van der Waals surface area contributed by atoms with Crippen LogP contribution in [0, 0.1) is 11.3 Å². The Kier molecular flexibility index (Phi) is 2.04. The van der Waals surface area contributed by atoms with Gasteiger partial charge in [0.2, 0.25) is 0 Å². The summed E-state index contributed by atoms with van der Waals surface area (Å²) in [4.78, 5) is 11.1. The van der Waals surface area contributed by atoms with Gasteiger partial charge in [0, 0.05) is 11.3 Å². The average molecular weight is 158 g/mol. The fourth-order valence-electron chi connectivity index (χ4n) is 1.53. The van der Waals surface area contributed by atoms with E-state index in [9.17, 15) is 9.18 Å². The molecule has 0 aliphatic heterocycles. The minimum absolute atomic E-state index is 0.0278. The second-order valence-corrected chi connectivity index (χ2v) is 3.98. The van der Waals surface area contributed by atoms with Crippen molar-refractivity contribution in [3.05, 3.63) is 0 Å². The van der Waals surface area contributed by atoms with Gasteiger partial charge in [0.25, 0.3) is 0 Å². The quantitative estimate of drug-likeness (QED) is 0.603. The number of hydrogen-bond donors (Lipinski definition) is 0. The van der Waals surface area contributed by atoms with Crippen LogP contribution in [0.5, 0.6) is 0 Å². The third kappa shape index (κ3) is 1.31. The SMILES string of the molecule is CC(=O)C(C)(C)C1CCC1F. The average Bonchev–Trinajstić information content (AvgIpc) is 1.83. The number of halogens is 1. The number of rotatable bonds is 2. The Balaban J connectivity index is 2.64. The predicted molar refractivity (Wildman–Crippen MR) is 42.1 cm³/mol.